The van der Waals surface area contributed by atoms with Gasteiger partial charge in [0.15, 0.2) is 11.4 Å². The van der Waals surface area contributed by atoms with E-state index in [0.29, 0.717) is 11.6 Å². The lowest BCUT2D eigenvalue weighted by Gasteiger charge is -2.02. The number of ether oxygens (including phenoxy) is 1. The number of H-pyrrole nitrogens is 1. The van der Waals surface area contributed by atoms with Crippen LogP contribution < -0.4 is 21.3 Å². The second-order valence-electron chi connectivity index (χ2n) is 6.80. The number of rotatable bonds is 5. The Labute approximate surface area is 169 Å². The van der Waals surface area contributed by atoms with E-state index in [2.05, 4.69) is 15.3 Å². The third-order valence-corrected chi connectivity index (χ3v) is 4.60. The van der Waals surface area contributed by atoms with Gasteiger partial charge in [-0.05, 0) is 25.1 Å². The van der Waals surface area contributed by atoms with E-state index in [0.717, 1.165) is 10.1 Å². The molecule has 0 unspecified atom stereocenters. The predicted octanol–water partition coefficient (Wildman–Crippen LogP) is 1.58. The number of imidazole rings is 1. The number of benzene rings is 1. The normalized spacial score (nSPS) is 11.0. The van der Waals surface area contributed by atoms with Crippen molar-refractivity contribution in [2.24, 2.45) is 14.1 Å². The lowest BCUT2D eigenvalue weighted by atomic mass is 10.2. The van der Waals surface area contributed by atoms with Crippen LogP contribution in [0, 0.1) is 6.92 Å². The Morgan fingerprint density at radius 2 is 1.87 bits per heavy atom. The summed E-state index contributed by atoms with van der Waals surface area (Å²) in [6, 6.07) is 10.5. The van der Waals surface area contributed by atoms with Crippen LogP contribution in [-0.2, 0) is 20.6 Å². The lowest BCUT2D eigenvalue weighted by Crippen LogP contribution is -2.36. The first-order valence-electron chi connectivity index (χ1n) is 9.10. The van der Waals surface area contributed by atoms with Crippen molar-refractivity contribution in [2.45, 2.75) is 13.5 Å². The summed E-state index contributed by atoms with van der Waals surface area (Å²) >= 11 is 0. The summed E-state index contributed by atoms with van der Waals surface area (Å²) in [4.78, 5) is 43.6. The van der Waals surface area contributed by atoms with Gasteiger partial charge in [-0.15, -0.1) is 0 Å². The minimum Gasteiger partial charge on any atom is -0.426 e. The average molecular weight is 409 g/mol. The summed E-state index contributed by atoms with van der Waals surface area (Å²) in [6.45, 7) is 1.98. The number of amides is 1. The Bertz CT molecular complexity index is 1360. The molecule has 4 aromatic rings. The first kappa shape index (κ1) is 19.2. The predicted molar refractivity (Wildman–Crippen MR) is 108 cm³/mol. The number of aromatic amines is 1. The molecule has 10 heteroatoms. The lowest BCUT2D eigenvalue weighted by molar-refractivity contribution is 0.0917. The van der Waals surface area contributed by atoms with E-state index in [4.69, 9.17) is 9.15 Å². The second kappa shape index (κ2) is 7.39. The number of hydrogen-bond acceptors (Lipinski definition) is 6. The zero-order chi connectivity index (χ0) is 21.4. The third-order valence-electron chi connectivity index (χ3n) is 4.60. The van der Waals surface area contributed by atoms with Gasteiger partial charge in [0.2, 0.25) is 0 Å². The standard InChI is InChI=1S/C20H19N5O5/c1-11-4-6-12(7-5-11)29-15-9-8-13(30-15)18(26)21-10-14-22-16-17(23-14)24(2)20(28)25(3)19(16)27/h4-9H,10H2,1-3H3,(H,21,26)(H,22,23). The zero-order valence-corrected chi connectivity index (χ0v) is 16.6. The topological polar surface area (TPSA) is 124 Å². The monoisotopic (exact) mass is 409 g/mol. The number of nitrogens with one attached hydrogen (secondary N) is 2. The van der Waals surface area contributed by atoms with Crippen molar-refractivity contribution in [1.29, 1.82) is 0 Å². The maximum absolute atomic E-state index is 12.4. The highest BCUT2D eigenvalue weighted by Gasteiger charge is 2.16. The molecule has 1 amide bonds. The molecule has 0 aliphatic heterocycles. The Hall–Kier alpha value is -4.08. The van der Waals surface area contributed by atoms with E-state index < -0.39 is 17.2 Å². The van der Waals surface area contributed by atoms with Crippen LogP contribution in [0.3, 0.4) is 0 Å². The zero-order valence-electron chi connectivity index (χ0n) is 16.6. The first-order chi connectivity index (χ1) is 14.3. The maximum atomic E-state index is 12.4. The number of furan rings is 1. The Kier molecular flexibility index (Phi) is 4.74. The minimum absolute atomic E-state index is 0.0136. The van der Waals surface area contributed by atoms with Crippen molar-refractivity contribution < 1.29 is 13.9 Å². The van der Waals surface area contributed by atoms with Crippen LogP contribution in [-0.4, -0.2) is 25.0 Å². The fourth-order valence-electron chi connectivity index (χ4n) is 2.93. The van der Waals surface area contributed by atoms with Crippen molar-refractivity contribution in [1.82, 2.24) is 24.4 Å². The SMILES string of the molecule is Cc1ccc(Oc2ccc(C(=O)NCc3nc4c([nH]3)c(=O)n(C)c(=O)n4C)o2)cc1. The van der Waals surface area contributed by atoms with Crippen LogP contribution in [0.2, 0.25) is 0 Å². The average Bonchev–Trinajstić information content (AvgIpc) is 3.38. The molecule has 0 saturated carbocycles. The molecule has 30 heavy (non-hydrogen) atoms. The van der Waals surface area contributed by atoms with E-state index in [1.807, 2.05) is 19.1 Å². The molecule has 0 radical (unpaired) electrons. The van der Waals surface area contributed by atoms with Crippen molar-refractivity contribution in [3.63, 3.8) is 0 Å². The van der Waals surface area contributed by atoms with Crippen molar-refractivity contribution in [2.75, 3.05) is 0 Å². The number of hydrogen-bond donors (Lipinski definition) is 2. The van der Waals surface area contributed by atoms with Crippen LogP contribution >= 0.6 is 0 Å². The van der Waals surface area contributed by atoms with E-state index >= 15 is 0 Å². The Balaban J connectivity index is 1.46. The molecule has 0 aliphatic rings. The van der Waals surface area contributed by atoms with Gasteiger partial charge in [0.05, 0.1) is 6.54 Å². The Morgan fingerprint density at radius 3 is 2.60 bits per heavy atom. The number of fused-ring (bicyclic) bond motifs is 1. The molecule has 3 heterocycles. The van der Waals surface area contributed by atoms with E-state index in [-0.39, 0.29) is 29.4 Å². The third kappa shape index (κ3) is 3.50. The smallest absolute Gasteiger partial charge is 0.332 e. The molecule has 0 saturated heterocycles. The highest BCUT2D eigenvalue weighted by Crippen LogP contribution is 2.24. The van der Waals surface area contributed by atoms with Crippen LogP contribution in [0.4, 0.5) is 0 Å². The van der Waals surface area contributed by atoms with Crippen molar-refractivity contribution in [3.8, 4) is 11.7 Å². The summed E-state index contributed by atoms with van der Waals surface area (Å²) in [5.41, 5.74) is 0.550. The number of carbonyl (C=O) groups excluding carboxylic acids is 1. The largest absolute Gasteiger partial charge is 0.426 e. The highest BCUT2D eigenvalue weighted by molar-refractivity contribution is 5.91. The van der Waals surface area contributed by atoms with Crippen LogP contribution in [0.1, 0.15) is 21.9 Å². The van der Waals surface area contributed by atoms with E-state index in [1.165, 1.54) is 24.7 Å². The van der Waals surface area contributed by atoms with E-state index in [9.17, 15) is 14.4 Å². The van der Waals surface area contributed by atoms with Gasteiger partial charge in [0.1, 0.15) is 17.1 Å². The van der Waals surface area contributed by atoms with Crippen molar-refractivity contribution in [3.05, 3.63) is 74.4 Å². The number of carbonyl (C=O) groups is 1. The fourth-order valence-corrected chi connectivity index (χ4v) is 2.93. The van der Waals surface area contributed by atoms with Gasteiger partial charge in [-0.25, -0.2) is 9.78 Å². The van der Waals surface area contributed by atoms with Gasteiger partial charge in [0, 0.05) is 20.2 Å². The van der Waals surface area contributed by atoms with Gasteiger partial charge in [-0.3, -0.25) is 18.7 Å². The molecule has 0 atom stereocenters. The molecule has 154 valence electrons. The number of aromatic nitrogens is 4. The van der Waals surface area contributed by atoms with Gasteiger partial charge < -0.3 is 19.5 Å². The molecule has 0 spiro atoms. The number of nitrogens with zero attached hydrogens (tertiary/aromatic N) is 3. The van der Waals surface area contributed by atoms with Gasteiger partial charge in [0.25, 0.3) is 17.4 Å². The molecule has 10 nitrogen and oxygen atoms in total. The minimum atomic E-state index is -0.484. The molecule has 0 bridgehead atoms. The quantitative estimate of drug-likeness (QED) is 0.516. The van der Waals surface area contributed by atoms with Gasteiger partial charge >= 0.3 is 5.69 Å². The molecule has 0 fully saturated rings. The van der Waals surface area contributed by atoms with Gasteiger partial charge in [-0.2, -0.15) is 0 Å². The summed E-state index contributed by atoms with van der Waals surface area (Å²) in [6.07, 6.45) is 0. The highest BCUT2D eigenvalue weighted by atomic mass is 16.6. The summed E-state index contributed by atoms with van der Waals surface area (Å²) in [5, 5.41) is 2.65. The fraction of sp³-hybridized carbons (Fsp3) is 0.200. The number of aryl methyl sites for hydroxylation is 2. The summed E-state index contributed by atoms with van der Waals surface area (Å²) in [5.74, 6) is 0.703. The molecular weight excluding hydrogens is 390 g/mol. The van der Waals surface area contributed by atoms with Crippen molar-refractivity contribution >= 4 is 17.1 Å². The second-order valence-corrected chi connectivity index (χ2v) is 6.80. The Morgan fingerprint density at radius 1 is 1.13 bits per heavy atom. The molecule has 0 aliphatic carbocycles. The van der Waals surface area contributed by atoms with Gasteiger partial charge in [-0.1, -0.05) is 17.7 Å². The summed E-state index contributed by atoms with van der Waals surface area (Å²) < 4.78 is 13.3. The first-order valence-corrected chi connectivity index (χ1v) is 9.10. The van der Waals surface area contributed by atoms with E-state index in [1.54, 1.807) is 18.2 Å². The van der Waals surface area contributed by atoms with Crippen LogP contribution in [0.25, 0.3) is 11.2 Å². The molecule has 3 aromatic heterocycles. The maximum Gasteiger partial charge on any atom is 0.332 e. The molecule has 4 rings (SSSR count). The molecular formula is C20H19N5O5. The molecule has 2 N–H and O–H groups in total. The van der Waals surface area contributed by atoms with Crippen LogP contribution in [0.15, 0.2) is 50.4 Å². The summed E-state index contributed by atoms with van der Waals surface area (Å²) in [7, 11) is 2.91. The molecule has 1 aromatic carbocycles. The van der Waals surface area contributed by atoms with Crippen LogP contribution in [0.5, 0.6) is 11.7 Å².